The molecule has 0 aromatic heterocycles. The second-order valence-electron chi connectivity index (χ2n) is 4.52. The minimum atomic E-state index is -10.7. The monoisotopic (exact) mass is 340 g/mol. The molecule has 0 aliphatic rings. The molecule has 0 saturated carbocycles. The third-order valence-corrected chi connectivity index (χ3v) is 2.79. The maximum atomic E-state index is 9.87. The van der Waals surface area contributed by atoms with Crippen molar-refractivity contribution in [3.05, 3.63) is 35.9 Å². The molecule has 0 bridgehead atoms. The van der Waals surface area contributed by atoms with E-state index in [0.29, 0.717) is 5.92 Å². The summed E-state index contributed by atoms with van der Waals surface area (Å²) in [5.41, 5.74) is 1.47. The van der Waals surface area contributed by atoms with Gasteiger partial charge in [-0.2, -0.15) is 0 Å². The summed E-state index contributed by atoms with van der Waals surface area (Å²) in [6.07, 6.45) is 3.90. The third-order valence-electron chi connectivity index (χ3n) is 2.43. The van der Waals surface area contributed by atoms with E-state index >= 15 is 0 Å². The fourth-order valence-electron chi connectivity index (χ4n) is 1.52. The molecule has 0 saturated heterocycles. The Balaban J connectivity index is 0.000000441. The number of unbranched alkanes of at least 4 members (excludes halogenated alkanes) is 1. The molecule has 0 fully saturated rings. The summed E-state index contributed by atoms with van der Waals surface area (Å²) in [6.45, 7) is 2.31. The summed E-state index contributed by atoms with van der Waals surface area (Å²) in [4.78, 5) is 0. The number of hydrogen-bond donors (Lipinski definition) is 0. The van der Waals surface area contributed by atoms with E-state index in [1.54, 1.807) is 0 Å². The van der Waals surface area contributed by atoms with Gasteiger partial charge in [0.15, 0.2) is 0 Å². The van der Waals surface area contributed by atoms with Gasteiger partial charge >= 0.3 is 33.0 Å². The molecule has 0 amide bonds. The van der Waals surface area contributed by atoms with Crippen LogP contribution in [0.2, 0.25) is 0 Å². The van der Waals surface area contributed by atoms with Crippen LogP contribution >= 0.6 is 7.81 Å². The molecule has 1 atom stereocenters. The first-order valence-corrected chi connectivity index (χ1v) is 8.79. The second-order valence-corrected chi connectivity index (χ2v) is 6.93. The summed E-state index contributed by atoms with van der Waals surface area (Å²) < 4.78 is 59.2. The number of rotatable bonds is 5. The minimum absolute atomic E-state index is 0.708. The van der Waals surface area contributed by atoms with Gasteiger partial charge < -0.3 is 0 Å². The van der Waals surface area contributed by atoms with Crippen molar-refractivity contribution >= 4 is 20.4 Å². The van der Waals surface area contributed by atoms with Crippen LogP contribution < -0.4 is 0 Å². The Morgan fingerprint density at radius 2 is 1.40 bits per heavy atom. The zero-order chi connectivity index (χ0) is 15.9. The molecule has 120 valence electrons. The van der Waals surface area contributed by atoms with Crippen molar-refractivity contribution in [1.82, 2.24) is 0 Å². The van der Waals surface area contributed by atoms with E-state index in [0.717, 1.165) is 5.75 Å². The SMILES string of the molecule is CC(CCCC[SH2+])c1ccccc1.F[P-](F)(F)(F)(F)F. The van der Waals surface area contributed by atoms with Gasteiger partial charge in [-0.05, 0) is 43.4 Å². The van der Waals surface area contributed by atoms with Crippen LogP contribution in [-0.2, 0) is 12.6 Å². The number of benzene rings is 1. The predicted molar refractivity (Wildman–Crippen MR) is 77.3 cm³/mol. The van der Waals surface area contributed by atoms with Crippen LogP contribution in [0.1, 0.15) is 37.7 Å². The molecule has 1 unspecified atom stereocenters. The summed E-state index contributed by atoms with van der Waals surface area (Å²) >= 11 is 3.50. The second kappa shape index (κ2) is 6.56. The van der Waals surface area contributed by atoms with E-state index in [-0.39, 0.29) is 0 Å². The molecule has 0 nitrogen and oxygen atoms in total. The molecule has 0 N–H and O–H groups in total. The van der Waals surface area contributed by atoms with Crippen molar-refractivity contribution in [2.24, 2.45) is 0 Å². The van der Waals surface area contributed by atoms with Gasteiger partial charge in [-0.15, -0.1) is 0 Å². The van der Waals surface area contributed by atoms with E-state index in [9.17, 15) is 25.2 Å². The Morgan fingerprint density at radius 1 is 0.950 bits per heavy atom. The molecule has 8 heteroatoms. The first-order chi connectivity index (χ1) is 8.79. The van der Waals surface area contributed by atoms with Crippen LogP contribution in [0.15, 0.2) is 30.3 Å². The van der Waals surface area contributed by atoms with Gasteiger partial charge in [0.05, 0.1) is 0 Å². The van der Waals surface area contributed by atoms with Crippen molar-refractivity contribution in [2.45, 2.75) is 32.1 Å². The summed E-state index contributed by atoms with van der Waals surface area (Å²) in [6, 6.07) is 10.8. The quantitative estimate of drug-likeness (QED) is 0.253. The number of halogens is 6. The molecule has 0 aliphatic carbocycles. The van der Waals surface area contributed by atoms with Gasteiger partial charge in [0.25, 0.3) is 0 Å². The van der Waals surface area contributed by atoms with Crippen molar-refractivity contribution in [3.8, 4) is 0 Å². The zero-order valence-electron chi connectivity index (χ0n) is 11.0. The first-order valence-electron chi connectivity index (χ1n) is 6.05. The Hall–Kier alpha value is -0.420. The molecular weight excluding hydrogens is 321 g/mol. The average molecular weight is 340 g/mol. The number of hydrogen-bond acceptors (Lipinski definition) is 0. The van der Waals surface area contributed by atoms with E-state index < -0.39 is 7.81 Å². The summed E-state index contributed by atoms with van der Waals surface area (Å²) in [5.74, 6) is 1.83. The topological polar surface area (TPSA) is 0 Å². The Bertz CT molecular complexity index is 377. The molecule has 0 heterocycles. The fraction of sp³-hybridized carbons (Fsp3) is 0.500. The Labute approximate surface area is 120 Å². The van der Waals surface area contributed by atoms with Gasteiger partial charge in [0, 0.05) is 0 Å². The van der Waals surface area contributed by atoms with Crippen molar-refractivity contribution in [2.75, 3.05) is 5.75 Å². The molecular formula is C12H19F6PS. The molecule has 0 radical (unpaired) electrons. The van der Waals surface area contributed by atoms with E-state index in [2.05, 4.69) is 49.9 Å². The van der Waals surface area contributed by atoms with E-state index in [1.807, 2.05) is 0 Å². The van der Waals surface area contributed by atoms with Crippen LogP contribution in [0.3, 0.4) is 0 Å². The van der Waals surface area contributed by atoms with Gasteiger partial charge in [-0.25, -0.2) is 0 Å². The molecule has 0 aliphatic heterocycles. The van der Waals surface area contributed by atoms with Crippen LogP contribution in [0.25, 0.3) is 0 Å². The van der Waals surface area contributed by atoms with Crippen LogP contribution in [-0.4, -0.2) is 5.75 Å². The van der Waals surface area contributed by atoms with Crippen LogP contribution in [0, 0.1) is 0 Å². The Kier molecular flexibility index (Phi) is 6.42. The van der Waals surface area contributed by atoms with Crippen molar-refractivity contribution < 1.29 is 25.2 Å². The predicted octanol–water partition coefficient (Wildman–Crippen LogP) is 6.35. The molecule has 1 rings (SSSR count). The maximum absolute atomic E-state index is 10.7. The standard InChI is InChI=1S/C12H18S.F6P/c1-11(7-5-6-10-13)12-8-3-2-4-9-12;1-7(2,3,4,5)6/h2-4,8-9,11,13H,5-7,10H2,1H3;/q;-1/p+1. The molecule has 20 heavy (non-hydrogen) atoms. The van der Waals surface area contributed by atoms with Gasteiger partial charge in [0.2, 0.25) is 0 Å². The van der Waals surface area contributed by atoms with Gasteiger partial charge in [-0.1, -0.05) is 37.3 Å². The third kappa shape index (κ3) is 17.6. The summed E-state index contributed by atoms with van der Waals surface area (Å²) in [7, 11) is -10.7. The van der Waals surface area contributed by atoms with E-state index in [1.165, 1.54) is 24.8 Å². The van der Waals surface area contributed by atoms with Crippen LogP contribution in [0.5, 0.6) is 0 Å². The van der Waals surface area contributed by atoms with Crippen molar-refractivity contribution in [1.29, 1.82) is 0 Å². The van der Waals surface area contributed by atoms with Crippen molar-refractivity contribution in [3.63, 3.8) is 0 Å². The van der Waals surface area contributed by atoms with E-state index in [4.69, 9.17) is 0 Å². The first kappa shape index (κ1) is 19.6. The fourth-order valence-corrected chi connectivity index (χ4v) is 1.77. The molecule has 1 aromatic rings. The van der Waals surface area contributed by atoms with Gasteiger partial charge in [-0.3, -0.25) is 0 Å². The Morgan fingerprint density at radius 3 is 1.80 bits per heavy atom. The van der Waals surface area contributed by atoms with Crippen LogP contribution in [0.4, 0.5) is 25.2 Å². The van der Waals surface area contributed by atoms with Gasteiger partial charge in [0.1, 0.15) is 5.75 Å². The molecule has 0 spiro atoms. The normalized spacial score (nSPS) is 16.4. The average Bonchev–Trinajstić information content (AvgIpc) is 2.26. The summed E-state index contributed by atoms with van der Waals surface area (Å²) in [5, 5.41) is 0. The molecule has 1 aromatic carbocycles. The zero-order valence-corrected chi connectivity index (χ0v) is 12.9.